The Kier molecular flexibility index (Phi) is 6.10. The number of hydrogen-bond acceptors (Lipinski definition) is 8. The highest BCUT2D eigenvalue weighted by molar-refractivity contribution is 7.89. The van der Waals surface area contributed by atoms with Crippen LogP contribution in [0.3, 0.4) is 0 Å². The standard InChI is InChI=1S/C16H17N5O6S2/c22-15(14-4-3-9-27-14)17-16(28)19-18-12-6-5-11(10-13(12)21(23)24)29(25,26)20-7-1-2-8-20/h3-6,9-10,18H,1-2,7-8H2,(H2,17,19,22,28). The van der Waals surface area contributed by atoms with Gasteiger partial charge >= 0.3 is 0 Å². The van der Waals surface area contributed by atoms with Crippen molar-refractivity contribution in [2.24, 2.45) is 0 Å². The van der Waals surface area contributed by atoms with Gasteiger partial charge in [-0.1, -0.05) is 0 Å². The number of thiocarbonyl (C=S) groups is 1. The first-order chi connectivity index (χ1) is 13.8. The van der Waals surface area contributed by atoms with E-state index in [1.165, 1.54) is 34.8 Å². The van der Waals surface area contributed by atoms with Crippen molar-refractivity contribution in [1.82, 2.24) is 15.0 Å². The fourth-order valence-electron chi connectivity index (χ4n) is 2.73. The molecule has 0 aliphatic carbocycles. The molecule has 0 unspecified atom stereocenters. The molecule has 0 atom stereocenters. The Balaban J connectivity index is 1.71. The number of anilines is 1. The molecule has 13 heteroatoms. The number of amides is 1. The summed E-state index contributed by atoms with van der Waals surface area (Å²) in [7, 11) is -3.80. The molecular formula is C16H17N5O6S2. The maximum absolute atomic E-state index is 12.6. The SMILES string of the molecule is O=C(NC(=S)NNc1ccc(S(=O)(=O)N2CCCC2)cc1[N+](=O)[O-])c1ccco1. The lowest BCUT2D eigenvalue weighted by Gasteiger charge is -2.16. The van der Waals surface area contributed by atoms with Crippen LogP contribution in [0, 0.1) is 10.1 Å². The fourth-order valence-corrected chi connectivity index (χ4v) is 4.42. The molecule has 0 saturated carbocycles. The van der Waals surface area contributed by atoms with Crippen molar-refractivity contribution < 1.29 is 22.6 Å². The van der Waals surface area contributed by atoms with E-state index in [1.54, 1.807) is 0 Å². The van der Waals surface area contributed by atoms with E-state index in [0.717, 1.165) is 18.9 Å². The molecule has 1 aromatic heterocycles. The van der Waals surface area contributed by atoms with Crippen molar-refractivity contribution in [2.45, 2.75) is 17.7 Å². The summed E-state index contributed by atoms with van der Waals surface area (Å²) in [5.41, 5.74) is 4.47. The third-order valence-electron chi connectivity index (χ3n) is 4.15. The Labute approximate surface area is 171 Å². The van der Waals surface area contributed by atoms with Crippen LogP contribution in [0.4, 0.5) is 11.4 Å². The van der Waals surface area contributed by atoms with E-state index >= 15 is 0 Å². The number of nitro groups is 1. The second kappa shape index (κ2) is 8.55. The number of carbonyl (C=O) groups excluding carboxylic acids is 1. The summed E-state index contributed by atoms with van der Waals surface area (Å²) in [6, 6.07) is 6.49. The van der Waals surface area contributed by atoms with E-state index in [-0.39, 0.29) is 21.5 Å². The summed E-state index contributed by atoms with van der Waals surface area (Å²) in [5.74, 6) is -0.563. The first-order valence-electron chi connectivity index (χ1n) is 8.48. The highest BCUT2D eigenvalue weighted by atomic mass is 32.2. The third-order valence-corrected chi connectivity index (χ3v) is 6.25. The summed E-state index contributed by atoms with van der Waals surface area (Å²) in [6.07, 6.45) is 2.84. The zero-order valence-corrected chi connectivity index (χ0v) is 16.6. The van der Waals surface area contributed by atoms with Crippen LogP contribution in [0.2, 0.25) is 0 Å². The average molecular weight is 439 g/mol. The number of nitro benzene ring substituents is 1. The number of furan rings is 1. The van der Waals surface area contributed by atoms with Crippen LogP contribution < -0.4 is 16.2 Å². The molecule has 1 fully saturated rings. The van der Waals surface area contributed by atoms with Crippen molar-refractivity contribution >= 4 is 44.6 Å². The molecular weight excluding hydrogens is 422 g/mol. The van der Waals surface area contributed by atoms with Crippen molar-refractivity contribution in [3.8, 4) is 0 Å². The molecule has 0 radical (unpaired) electrons. The molecule has 1 saturated heterocycles. The van der Waals surface area contributed by atoms with Crippen LogP contribution in [0.1, 0.15) is 23.4 Å². The lowest BCUT2D eigenvalue weighted by molar-refractivity contribution is -0.384. The minimum Gasteiger partial charge on any atom is -0.459 e. The summed E-state index contributed by atoms with van der Waals surface area (Å²) in [6.45, 7) is 0.780. The van der Waals surface area contributed by atoms with Crippen molar-refractivity contribution in [3.05, 3.63) is 52.5 Å². The maximum Gasteiger partial charge on any atom is 0.295 e. The highest BCUT2D eigenvalue weighted by Crippen LogP contribution is 2.29. The molecule has 1 aliphatic heterocycles. The molecule has 1 aliphatic rings. The van der Waals surface area contributed by atoms with E-state index in [0.29, 0.717) is 13.1 Å². The zero-order chi connectivity index (χ0) is 21.0. The summed E-state index contributed by atoms with van der Waals surface area (Å²) >= 11 is 4.95. The topological polar surface area (TPSA) is 147 Å². The fraction of sp³-hybridized carbons (Fsp3) is 0.250. The Morgan fingerprint density at radius 2 is 1.97 bits per heavy atom. The number of hydrogen-bond donors (Lipinski definition) is 3. The predicted molar refractivity (Wildman–Crippen MR) is 107 cm³/mol. The van der Waals surface area contributed by atoms with Gasteiger partial charge in [0.15, 0.2) is 10.9 Å². The summed E-state index contributed by atoms with van der Waals surface area (Å²) < 4.78 is 31.5. The van der Waals surface area contributed by atoms with Gasteiger partial charge in [0.2, 0.25) is 10.0 Å². The first-order valence-corrected chi connectivity index (χ1v) is 10.3. The average Bonchev–Trinajstić information content (AvgIpc) is 3.40. The minimum absolute atomic E-state index is 0.0232. The number of nitrogens with zero attached hydrogens (tertiary/aromatic N) is 2. The Bertz CT molecular complexity index is 1030. The summed E-state index contributed by atoms with van der Waals surface area (Å²) in [4.78, 5) is 22.4. The smallest absolute Gasteiger partial charge is 0.295 e. The van der Waals surface area contributed by atoms with Gasteiger partial charge in [-0.25, -0.2) is 8.42 Å². The Morgan fingerprint density at radius 3 is 2.59 bits per heavy atom. The van der Waals surface area contributed by atoms with Gasteiger partial charge in [-0.15, -0.1) is 0 Å². The highest BCUT2D eigenvalue weighted by Gasteiger charge is 2.29. The van der Waals surface area contributed by atoms with Gasteiger partial charge in [0.25, 0.3) is 11.6 Å². The van der Waals surface area contributed by atoms with Gasteiger partial charge in [0, 0.05) is 19.2 Å². The second-order valence-electron chi connectivity index (χ2n) is 6.06. The molecule has 2 aromatic rings. The van der Waals surface area contributed by atoms with Gasteiger partial charge in [0.1, 0.15) is 5.69 Å². The van der Waals surface area contributed by atoms with Crippen molar-refractivity contribution in [3.63, 3.8) is 0 Å². The number of sulfonamides is 1. The first kappa shape index (κ1) is 20.7. The third kappa shape index (κ3) is 4.70. The number of nitrogens with one attached hydrogen (secondary N) is 3. The van der Waals surface area contributed by atoms with E-state index in [2.05, 4.69) is 16.2 Å². The molecule has 1 aromatic carbocycles. The molecule has 29 heavy (non-hydrogen) atoms. The quantitative estimate of drug-likeness (QED) is 0.347. The Hall–Kier alpha value is -3.03. The van der Waals surface area contributed by atoms with Crippen LogP contribution in [0.5, 0.6) is 0 Å². The van der Waals surface area contributed by atoms with Crippen LogP contribution in [0.15, 0.2) is 45.9 Å². The van der Waals surface area contributed by atoms with Gasteiger partial charge < -0.3 is 4.42 Å². The second-order valence-corrected chi connectivity index (χ2v) is 8.40. The van der Waals surface area contributed by atoms with Crippen LogP contribution >= 0.6 is 12.2 Å². The number of benzene rings is 1. The van der Waals surface area contributed by atoms with Crippen LogP contribution in [0.25, 0.3) is 0 Å². The normalized spacial score (nSPS) is 14.3. The van der Waals surface area contributed by atoms with Gasteiger partial charge in [-0.3, -0.25) is 31.1 Å². The van der Waals surface area contributed by atoms with Crippen molar-refractivity contribution in [2.75, 3.05) is 18.5 Å². The molecule has 2 heterocycles. The predicted octanol–water partition coefficient (Wildman–Crippen LogP) is 1.60. The van der Waals surface area contributed by atoms with E-state index in [4.69, 9.17) is 16.6 Å². The van der Waals surface area contributed by atoms with Gasteiger partial charge in [-0.05, 0) is 49.3 Å². The zero-order valence-electron chi connectivity index (χ0n) is 15.0. The molecule has 11 nitrogen and oxygen atoms in total. The van der Waals surface area contributed by atoms with Crippen molar-refractivity contribution in [1.29, 1.82) is 0 Å². The lowest BCUT2D eigenvalue weighted by Crippen LogP contribution is -2.42. The van der Waals surface area contributed by atoms with E-state index in [9.17, 15) is 23.3 Å². The number of rotatable bonds is 6. The summed E-state index contributed by atoms with van der Waals surface area (Å²) in [5, 5.41) is 13.6. The largest absolute Gasteiger partial charge is 0.459 e. The molecule has 1 amide bonds. The molecule has 3 rings (SSSR count). The molecule has 0 bridgehead atoms. The van der Waals surface area contributed by atoms with Gasteiger partial charge in [0.05, 0.1) is 16.1 Å². The minimum atomic E-state index is -3.80. The maximum atomic E-state index is 12.6. The number of carbonyl (C=O) groups is 1. The molecule has 154 valence electrons. The van der Waals surface area contributed by atoms with Crippen LogP contribution in [-0.4, -0.2) is 41.8 Å². The van der Waals surface area contributed by atoms with Gasteiger partial charge in [-0.2, -0.15) is 4.31 Å². The van der Waals surface area contributed by atoms with E-state index < -0.39 is 26.5 Å². The van der Waals surface area contributed by atoms with Crippen LogP contribution in [-0.2, 0) is 10.0 Å². The number of hydrazine groups is 1. The monoisotopic (exact) mass is 439 g/mol. The Morgan fingerprint density at radius 1 is 1.24 bits per heavy atom. The van der Waals surface area contributed by atoms with E-state index in [1.807, 2.05) is 0 Å². The molecule has 3 N–H and O–H groups in total. The molecule has 0 spiro atoms. The lowest BCUT2D eigenvalue weighted by atomic mass is 10.3.